The Labute approximate surface area is 193 Å². The van der Waals surface area contributed by atoms with Gasteiger partial charge in [-0.25, -0.2) is 0 Å². The first-order valence-corrected chi connectivity index (χ1v) is 10.7. The van der Waals surface area contributed by atoms with Gasteiger partial charge in [0.25, 0.3) is 0 Å². The molecule has 0 aliphatic rings. The molecule has 3 aromatic rings. The van der Waals surface area contributed by atoms with Gasteiger partial charge in [-0.05, 0) is 49.6 Å². The summed E-state index contributed by atoms with van der Waals surface area (Å²) in [4.78, 5) is 0. The summed E-state index contributed by atoms with van der Waals surface area (Å²) in [5.41, 5.74) is 3.50. The van der Waals surface area contributed by atoms with Gasteiger partial charge in [0.1, 0.15) is 12.4 Å². The predicted molar refractivity (Wildman–Crippen MR) is 128 cm³/mol. The van der Waals surface area contributed by atoms with Crippen molar-refractivity contribution < 1.29 is 4.74 Å². The minimum atomic E-state index is 0. The standard InChI is InChI=1S/C24H25BrClNO.ClH/c1-18(11-12-19-7-3-2-4-8-19)27-16-21-15-22(25)13-14-24(21)28-17-20-9-5-6-10-23(20)26;/h2-10,13-15,18,27H,11-12,16-17H2,1H3;1H. The van der Waals surface area contributed by atoms with Crippen molar-refractivity contribution in [2.45, 2.75) is 39.0 Å². The maximum atomic E-state index is 6.24. The lowest BCUT2D eigenvalue weighted by molar-refractivity contribution is 0.301. The van der Waals surface area contributed by atoms with Gasteiger partial charge in [0.2, 0.25) is 0 Å². The summed E-state index contributed by atoms with van der Waals surface area (Å²) in [6.07, 6.45) is 2.16. The second-order valence-corrected chi connectivity index (χ2v) is 8.26. The lowest BCUT2D eigenvalue weighted by Crippen LogP contribution is -2.26. The summed E-state index contributed by atoms with van der Waals surface area (Å²) in [5.74, 6) is 0.880. The topological polar surface area (TPSA) is 21.3 Å². The van der Waals surface area contributed by atoms with Crippen LogP contribution in [0.15, 0.2) is 77.3 Å². The van der Waals surface area contributed by atoms with Gasteiger partial charge in [-0.15, -0.1) is 12.4 Å². The summed E-state index contributed by atoms with van der Waals surface area (Å²) in [6, 6.07) is 24.9. The van der Waals surface area contributed by atoms with Crippen LogP contribution in [0.2, 0.25) is 5.02 Å². The fourth-order valence-corrected chi connectivity index (χ4v) is 3.61. The second-order valence-electron chi connectivity index (χ2n) is 6.94. The Bertz CT molecular complexity index is 889. The summed E-state index contributed by atoms with van der Waals surface area (Å²) in [7, 11) is 0. The van der Waals surface area contributed by atoms with E-state index < -0.39 is 0 Å². The fraction of sp³-hybridized carbons (Fsp3) is 0.250. The summed E-state index contributed by atoms with van der Waals surface area (Å²) >= 11 is 9.81. The first kappa shape index (κ1) is 23.8. The molecule has 0 bridgehead atoms. The van der Waals surface area contributed by atoms with Crippen LogP contribution in [0, 0.1) is 0 Å². The van der Waals surface area contributed by atoms with Gasteiger partial charge in [-0.1, -0.05) is 76.1 Å². The minimum Gasteiger partial charge on any atom is -0.489 e. The predicted octanol–water partition coefficient (Wildman–Crippen LogP) is 7.21. The van der Waals surface area contributed by atoms with Gasteiger partial charge < -0.3 is 10.1 Å². The van der Waals surface area contributed by atoms with Crippen LogP contribution in [0.5, 0.6) is 5.75 Å². The van der Waals surface area contributed by atoms with Crippen molar-refractivity contribution in [1.82, 2.24) is 5.32 Å². The summed E-state index contributed by atoms with van der Waals surface area (Å²) in [6.45, 7) is 3.44. The van der Waals surface area contributed by atoms with E-state index in [-0.39, 0.29) is 12.4 Å². The second kappa shape index (κ2) is 12.2. The van der Waals surface area contributed by atoms with E-state index in [1.165, 1.54) is 5.56 Å². The average Bonchev–Trinajstić information content (AvgIpc) is 2.72. The van der Waals surface area contributed by atoms with Gasteiger partial charge in [0.15, 0.2) is 0 Å². The van der Waals surface area contributed by atoms with Crippen LogP contribution < -0.4 is 10.1 Å². The quantitative estimate of drug-likeness (QED) is 0.339. The van der Waals surface area contributed by atoms with E-state index in [1.807, 2.05) is 36.4 Å². The molecule has 0 fully saturated rings. The van der Waals surface area contributed by atoms with Gasteiger partial charge in [0.05, 0.1) is 0 Å². The zero-order chi connectivity index (χ0) is 19.8. The first-order chi connectivity index (χ1) is 13.6. The molecule has 0 aromatic heterocycles. The number of halogens is 3. The molecule has 1 atom stereocenters. The van der Waals surface area contributed by atoms with Crippen LogP contribution in [-0.2, 0) is 19.6 Å². The van der Waals surface area contributed by atoms with Crippen LogP contribution in [-0.4, -0.2) is 6.04 Å². The highest BCUT2D eigenvalue weighted by molar-refractivity contribution is 9.10. The molecule has 29 heavy (non-hydrogen) atoms. The number of rotatable bonds is 9. The smallest absolute Gasteiger partial charge is 0.124 e. The van der Waals surface area contributed by atoms with E-state index in [4.69, 9.17) is 16.3 Å². The van der Waals surface area contributed by atoms with Crippen LogP contribution >= 0.6 is 39.9 Å². The molecule has 0 saturated carbocycles. The number of nitrogens with one attached hydrogen (secondary N) is 1. The van der Waals surface area contributed by atoms with Crippen LogP contribution in [0.4, 0.5) is 0 Å². The Morgan fingerprint density at radius 3 is 2.45 bits per heavy atom. The molecule has 0 radical (unpaired) electrons. The molecule has 1 N–H and O–H groups in total. The molecule has 3 aromatic carbocycles. The molecule has 3 rings (SSSR count). The van der Waals surface area contributed by atoms with E-state index in [1.54, 1.807) is 0 Å². The third-order valence-electron chi connectivity index (χ3n) is 4.71. The molecule has 0 aliphatic carbocycles. The molecule has 0 amide bonds. The third-order valence-corrected chi connectivity index (χ3v) is 5.58. The van der Waals surface area contributed by atoms with Crippen LogP contribution in [0.25, 0.3) is 0 Å². The number of aryl methyl sites for hydroxylation is 1. The van der Waals surface area contributed by atoms with E-state index in [0.717, 1.165) is 45.8 Å². The molecule has 0 aliphatic heterocycles. The molecule has 5 heteroatoms. The van der Waals surface area contributed by atoms with E-state index >= 15 is 0 Å². The maximum Gasteiger partial charge on any atom is 0.124 e. The molecular weight excluding hydrogens is 469 g/mol. The Balaban J connectivity index is 0.00000300. The summed E-state index contributed by atoms with van der Waals surface area (Å²) in [5, 5.41) is 4.35. The number of hydrogen-bond donors (Lipinski definition) is 1. The minimum absolute atomic E-state index is 0. The normalized spacial score (nSPS) is 11.6. The highest BCUT2D eigenvalue weighted by atomic mass is 79.9. The SMILES string of the molecule is CC(CCc1ccccc1)NCc1cc(Br)ccc1OCc1ccccc1Cl.Cl. The molecular formula is C24H26BrCl2NO. The Kier molecular flexibility index (Phi) is 10.0. The zero-order valence-corrected chi connectivity index (χ0v) is 19.6. The number of ether oxygens (including phenoxy) is 1. The van der Waals surface area contributed by atoms with Crippen molar-refractivity contribution >= 4 is 39.9 Å². The highest BCUT2D eigenvalue weighted by Gasteiger charge is 2.09. The molecule has 2 nitrogen and oxygen atoms in total. The molecule has 0 heterocycles. The fourth-order valence-electron chi connectivity index (χ4n) is 3.01. The number of benzene rings is 3. The van der Waals surface area contributed by atoms with Gasteiger partial charge in [0, 0.05) is 33.2 Å². The molecule has 1 unspecified atom stereocenters. The van der Waals surface area contributed by atoms with Crippen LogP contribution in [0.3, 0.4) is 0 Å². The van der Waals surface area contributed by atoms with Gasteiger partial charge in [-0.2, -0.15) is 0 Å². The average molecular weight is 495 g/mol. The lowest BCUT2D eigenvalue weighted by Gasteiger charge is -2.17. The summed E-state index contributed by atoms with van der Waals surface area (Å²) < 4.78 is 7.12. The molecule has 0 spiro atoms. The third kappa shape index (κ3) is 7.67. The van der Waals surface area contributed by atoms with E-state index in [2.05, 4.69) is 64.6 Å². The van der Waals surface area contributed by atoms with Crippen molar-refractivity contribution in [3.63, 3.8) is 0 Å². The Morgan fingerprint density at radius 1 is 0.966 bits per heavy atom. The highest BCUT2D eigenvalue weighted by Crippen LogP contribution is 2.25. The molecule has 154 valence electrons. The van der Waals surface area contributed by atoms with Gasteiger partial charge >= 0.3 is 0 Å². The maximum absolute atomic E-state index is 6.24. The van der Waals surface area contributed by atoms with Crippen molar-refractivity contribution in [1.29, 1.82) is 0 Å². The zero-order valence-electron chi connectivity index (χ0n) is 16.4. The number of hydrogen-bond acceptors (Lipinski definition) is 2. The lowest BCUT2D eigenvalue weighted by atomic mass is 10.1. The first-order valence-electron chi connectivity index (χ1n) is 9.54. The van der Waals surface area contributed by atoms with Crippen molar-refractivity contribution in [2.24, 2.45) is 0 Å². The Morgan fingerprint density at radius 2 is 1.69 bits per heavy atom. The largest absolute Gasteiger partial charge is 0.489 e. The van der Waals surface area contributed by atoms with E-state index in [0.29, 0.717) is 12.6 Å². The van der Waals surface area contributed by atoms with Crippen molar-refractivity contribution in [2.75, 3.05) is 0 Å². The molecule has 0 saturated heterocycles. The van der Waals surface area contributed by atoms with Crippen LogP contribution in [0.1, 0.15) is 30.0 Å². The van der Waals surface area contributed by atoms with E-state index in [9.17, 15) is 0 Å². The monoisotopic (exact) mass is 493 g/mol. The van der Waals surface area contributed by atoms with Crippen molar-refractivity contribution in [3.05, 3.63) is 99.0 Å². The van der Waals surface area contributed by atoms with Gasteiger partial charge in [-0.3, -0.25) is 0 Å². The van der Waals surface area contributed by atoms with Crippen molar-refractivity contribution in [3.8, 4) is 5.75 Å². The Hall–Kier alpha value is -1.52.